The van der Waals surface area contributed by atoms with Gasteiger partial charge in [-0.15, -0.1) is 0 Å². The molecule has 0 saturated heterocycles. The predicted molar refractivity (Wildman–Crippen MR) is 78.1 cm³/mol. The summed E-state index contributed by atoms with van der Waals surface area (Å²) in [5, 5.41) is 12.7. The van der Waals surface area contributed by atoms with Crippen molar-refractivity contribution in [3.05, 3.63) is 34.9 Å². The van der Waals surface area contributed by atoms with Gasteiger partial charge in [0.05, 0.1) is 11.7 Å². The minimum atomic E-state index is -0.891. The molecule has 2 N–H and O–H groups in total. The maximum atomic E-state index is 13.6. The predicted octanol–water partition coefficient (Wildman–Crippen LogP) is 3.05. The summed E-state index contributed by atoms with van der Waals surface area (Å²) in [6, 6.07) is 1.89. The van der Waals surface area contributed by atoms with E-state index in [2.05, 4.69) is 5.32 Å². The molecule has 1 amide bonds. The van der Waals surface area contributed by atoms with Crippen LogP contribution >= 0.6 is 0 Å². The number of aliphatic hydroxyl groups is 1. The van der Waals surface area contributed by atoms with Crippen LogP contribution in [0.15, 0.2) is 12.1 Å². The number of hydrogen-bond acceptors (Lipinski definition) is 2. The summed E-state index contributed by atoms with van der Waals surface area (Å²) >= 11 is 0. The molecule has 0 bridgehead atoms. The summed E-state index contributed by atoms with van der Waals surface area (Å²) in [5.74, 6) is -2.14. The number of carbonyl (C=O) groups is 1. The van der Waals surface area contributed by atoms with E-state index in [9.17, 15) is 18.7 Å². The van der Waals surface area contributed by atoms with Gasteiger partial charge in [-0.2, -0.15) is 0 Å². The lowest BCUT2D eigenvalue weighted by atomic mass is 9.80. The number of aliphatic hydroxyl groups excluding tert-OH is 1. The zero-order valence-electron chi connectivity index (χ0n) is 13.1. The molecular weight excluding hydrogens is 276 g/mol. The molecule has 0 fully saturated rings. The van der Waals surface area contributed by atoms with Crippen molar-refractivity contribution in [1.29, 1.82) is 0 Å². The van der Waals surface area contributed by atoms with Crippen molar-refractivity contribution in [2.45, 2.75) is 40.7 Å². The molecule has 1 aromatic rings. The number of amides is 1. The Balaban J connectivity index is 2.81. The maximum Gasteiger partial charge on any atom is 0.254 e. The lowest BCUT2D eigenvalue weighted by Crippen LogP contribution is -2.43. The molecule has 0 saturated carbocycles. The van der Waals surface area contributed by atoms with E-state index in [1.54, 1.807) is 0 Å². The first kappa shape index (κ1) is 17.6. The lowest BCUT2D eigenvalue weighted by molar-refractivity contribution is 0.0138. The summed E-state index contributed by atoms with van der Waals surface area (Å²) in [4.78, 5) is 12.0. The Morgan fingerprint density at radius 3 is 2.38 bits per heavy atom. The van der Waals surface area contributed by atoms with Gasteiger partial charge in [-0.25, -0.2) is 8.78 Å². The highest BCUT2D eigenvalue weighted by atomic mass is 19.1. The number of carbonyl (C=O) groups excluding carboxylic acids is 1. The zero-order chi connectivity index (χ0) is 16.4. The Hall–Kier alpha value is -1.49. The van der Waals surface area contributed by atoms with Crippen molar-refractivity contribution in [1.82, 2.24) is 5.32 Å². The Kier molecular flexibility index (Phi) is 5.45. The molecule has 21 heavy (non-hydrogen) atoms. The minimum absolute atomic E-state index is 0.0432. The molecule has 0 heterocycles. The van der Waals surface area contributed by atoms with Gasteiger partial charge in [0.1, 0.15) is 11.6 Å². The van der Waals surface area contributed by atoms with E-state index >= 15 is 0 Å². The molecule has 0 radical (unpaired) electrons. The zero-order valence-corrected chi connectivity index (χ0v) is 13.1. The normalized spacial score (nSPS) is 13.4. The van der Waals surface area contributed by atoms with Gasteiger partial charge in [-0.05, 0) is 24.5 Å². The molecule has 0 aliphatic heterocycles. The van der Waals surface area contributed by atoms with Gasteiger partial charge < -0.3 is 10.4 Å². The van der Waals surface area contributed by atoms with Crippen molar-refractivity contribution in [2.75, 3.05) is 6.54 Å². The van der Waals surface area contributed by atoms with E-state index in [1.807, 2.05) is 27.7 Å². The Morgan fingerprint density at radius 1 is 1.29 bits per heavy atom. The molecule has 118 valence electrons. The highest BCUT2D eigenvalue weighted by Gasteiger charge is 2.30. The molecule has 0 aliphatic rings. The van der Waals surface area contributed by atoms with Gasteiger partial charge in [0.25, 0.3) is 5.91 Å². The number of rotatable bonds is 5. The number of aryl methyl sites for hydroxylation is 1. The van der Waals surface area contributed by atoms with Crippen molar-refractivity contribution in [3.63, 3.8) is 0 Å². The van der Waals surface area contributed by atoms with Gasteiger partial charge in [0.2, 0.25) is 0 Å². The molecule has 1 aromatic carbocycles. The maximum absolute atomic E-state index is 13.6. The van der Waals surface area contributed by atoms with Crippen LogP contribution in [0.5, 0.6) is 0 Å². The average Bonchev–Trinajstić information content (AvgIpc) is 2.39. The van der Waals surface area contributed by atoms with Crippen molar-refractivity contribution < 1.29 is 18.7 Å². The van der Waals surface area contributed by atoms with Crippen molar-refractivity contribution in [2.24, 2.45) is 11.3 Å². The van der Waals surface area contributed by atoms with E-state index in [0.29, 0.717) is 6.07 Å². The van der Waals surface area contributed by atoms with Gasteiger partial charge in [0, 0.05) is 18.0 Å². The largest absolute Gasteiger partial charge is 0.392 e. The average molecular weight is 299 g/mol. The Bertz CT molecular complexity index is 527. The minimum Gasteiger partial charge on any atom is -0.392 e. The van der Waals surface area contributed by atoms with E-state index in [1.165, 1.54) is 13.0 Å². The molecule has 0 spiro atoms. The van der Waals surface area contributed by atoms with E-state index in [-0.39, 0.29) is 23.6 Å². The standard InChI is InChI=1S/C16H23F2NO2/c1-9(2)14(20)16(4,5)8-19-15(21)11-6-10(3)12(17)7-13(11)18/h6-7,9,14,20H,8H2,1-5H3,(H,19,21). The summed E-state index contributed by atoms with van der Waals surface area (Å²) in [6.07, 6.45) is -0.599. The van der Waals surface area contributed by atoms with Crippen LogP contribution in [0, 0.1) is 29.9 Å². The molecule has 5 heteroatoms. The highest BCUT2D eigenvalue weighted by Crippen LogP contribution is 2.25. The Morgan fingerprint density at radius 2 is 1.86 bits per heavy atom. The second kappa shape index (κ2) is 6.52. The van der Waals surface area contributed by atoms with Crippen molar-refractivity contribution in [3.8, 4) is 0 Å². The number of halogens is 2. The van der Waals surface area contributed by atoms with Crippen LogP contribution in [0.3, 0.4) is 0 Å². The van der Waals surface area contributed by atoms with Crippen LogP contribution in [0.4, 0.5) is 8.78 Å². The van der Waals surface area contributed by atoms with Gasteiger partial charge >= 0.3 is 0 Å². The number of nitrogens with one attached hydrogen (secondary N) is 1. The first-order valence-electron chi connectivity index (χ1n) is 6.98. The van der Waals surface area contributed by atoms with Crippen LogP contribution in [0.2, 0.25) is 0 Å². The van der Waals surface area contributed by atoms with E-state index in [4.69, 9.17) is 0 Å². The number of benzene rings is 1. The third-order valence-electron chi connectivity index (χ3n) is 3.63. The molecular formula is C16H23F2NO2. The van der Waals surface area contributed by atoms with Gasteiger partial charge in [0.15, 0.2) is 0 Å². The second-order valence-electron chi connectivity index (χ2n) is 6.44. The molecule has 3 nitrogen and oxygen atoms in total. The smallest absolute Gasteiger partial charge is 0.254 e. The first-order chi connectivity index (χ1) is 9.56. The fourth-order valence-corrected chi connectivity index (χ4v) is 2.24. The molecule has 1 rings (SSSR count). The molecule has 1 unspecified atom stereocenters. The van der Waals surface area contributed by atoms with E-state index in [0.717, 1.165) is 0 Å². The quantitative estimate of drug-likeness (QED) is 0.878. The third-order valence-corrected chi connectivity index (χ3v) is 3.63. The topological polar surface area (TPSA) is 49.3 Å². The SMILES string of the molecule is Cc1cc(C(=O)NCC(C)(C)C(O)C(C)C)c(F)cc1F. The third kappa shape index (κ3) is 4.24. The summed E-state index contributed by atoms with van der Waals surface area (Å²) in [5.41, 5.74) is -0.526. The van der Waals surface area contributed by atoms with Crippen LogP contribution in [-0.2, 0) is 0 Å². The monoisotopic (exact) mass is 299 g/mol. The van der Waals surface area contributed by atoms with Crippen LogP contribution in [-0.4, -0.2) is 23.7 Å². The van der Waals surface area contributed by atoms with Gasteiger partial charge in [-0.1, -0.05) is 27.7 Å². The molecule has 1 atom stereocenters. The van der Waals surface area contributed by atoms with Gasteiger partial charge in [-0.3, -0.25) is 4.79 Å². The van der Waals surface area contributed by atoms with Crippen LogP contribution < -0.4 is 5.32 Å². The Labute approximate surface area is 124 Å². The molecule has 0 aromatic heterocycles. The summed E-state index contributed by atoms with van der Waals surface area (Å²) in [7, 11) is 0. The lowest BCUT2D eigenvalue weighted by Gasteiger charge is -2.33. The van der Waals surface area contributed by atoms with Crippen LogP contribution in [0.25, 0.3) is 0 Å². The summed E-state index contributed by atoms with van der Waals surface area (Å²) < 4.78 is 26.8. The van der Waals surface area contributed by atoms with Crippen molar-refractivity contribution >= 4 is 5.91 Å². The highest BCUT2D eigenvalue weighted by molar-refractivity contribution is 5.94. The second-order valence-corrected chi connectivity index (χ2v) is 6.44. The fourth-order valence-electron chi connectivity index (χ4n) is 2.24. The fraction of sp³-hybridized carbons (Fsp3) is 0.562. The summed E-state index contributed by atoms with van der Waals surface area (Å²) in [6.45, 7) is 9.09. The molecule has 0 aliphatic carbocycles. The number of hydrogen-bond donors (Lipinski definition) is 2. The van der Waals surface area contributed by atoms with E-state index < -0.39 is 29.1 Å². The van der Waals surface area contributed by atoms with Crippen LogP contribution in [0.1, 0.15) is 43.6 Å². The first-order valence-corrected chi connectivity index (χ1v) is 6.98.